The van der Waals surface area contributed by atoms with E-state index in [-0.39, 0.29) is 17.6 Å². The van der Waals surface area contributed by atoms with Crippen molar-refractivity contribution < 1.29 is 9.72 Å². The van der Waals surface area contributed by atoms with Crippen molar-refractivity contribution >= 4 is 17.3 Å². The van der Waals surface area contributed by atoms with Gasteiger partial charge in [-0.1, -0.05) is 13.0 Å². The van der Waals surface area contributed by atoms with E-state index in [0.717, 1.165) is 6.42 Å². The molecule has 0 fully saturated rings. The summed E-state index contributed by atoms with van der Waals surface area (Å²) in [6, 6.07) is 4.69. The van der Waals surface area contributed by atoms with Gasteiger partial charge in [-0.25, -0.2) is 0 Å². The Labute approximate surface area is 125 Å². The number of benzene rings is 1. The SMILES string of the molecule is CCNc1c(C(=O)N(CC)C(C)CC)cccc1[N+](=O)[O-]. The monoisotopic (exact) mass is 293 g/mol. The number of para-hydroxylation sites is 1. The standard InChI is InChI=1S/C15H23N3O3/c1-5-11(4)17(7-3)15(19)12-9-8-10-13(18(20)21)14(12)16-6-2/h8-11,16H,5-7H2,1-4H3. The molecule has 21 heavy (non-hydrogen) atoms. The molecule has 0 radical (unpaired) electrons. The summed E-state index contributed by atoms with van der Waals surface area (Å²) in [4.78, 5) is 25.1. The van der Waals surface area contributed by atoms with E-state index >= 15 is 0 Å². The molecule has 0 bridgehead atoms. The molecular weight excluding hydrogens is 270 g/mol. The van der Waals surface area contributed by atoms with E-state index < -0.39 is 4.92 Å². The summed E-state index contributed by atoms with van der Waals surface area (Å²) in [5.41, 5.74) is 0.591. The van der Waals surface area contributed by atoms with E-state index in [1.54, 1.807) is 17.0 Å². The summed E-state index contributed by atoms with van der Waals surface area (Å²) in [6.45, 7) is 8.83. The van der Waals surface area contributed by atoms with Crippen LogP contribution in [0, 0.1) is 10.1 Å². The number of hydrogen-bond donors (Lipinski definition) is 1. The first-order chi connectivity index (χ1) is 9.97. The van der Waals surface area contributed by atoms with E-state index in [4.69, 9.17) is 0 Å². The molecule has 116 valence electrons. The summed E-state index contributed by atoms with van der Waals surface area (Å²) in [5, 5.41) is 14.1. The van der Waals surface area contributed by atoms with Gasteiger partial charge in [0.2, 0.25) is 0 Å². The minimum atomic E-state index is -0.464. The molecule has 0 aliphatic carbocycles. The van der Waals surface area contributed by atoms with Gasteiger partial charge < -0.3 is 10.2 Å². The summed E-state index contributed by atoms with van der Waals surface area (Å²) in [5.74, 6) is -0.175. The Balaban J connectivity index is 3.31. The zero-order valence-electron chi connectivity index (χ0n) is 13.0. The van der Waals surface area contributed by atoms with Gasteiger partial charge in [0.25, 0.3) is 11.6 Å². The molecule has 1 aromatic rings. The number of nitro benzene ring substituents is 1. The molecule has 0 saturated carbocycles. The molecule has 0 saturated heterocycles. The van der Waals surface area contributed by atoms with Crippen LogP contribution in [0.2, 0.25) is 0 Å². The molecule has 1 unspecified atom stereocenters. The fourth-order valence-electron chi connectivity index (χ4n) is 2.26. The summed E-state index contributed by atoms with van der Waals surface area (Å²) < 4.78 is 0. The van der Waals surface area contributed by atoms with Crippen LogP contribution in [0.4, 0.5) is 11.4 Å². The number of amides is 1. The van der Waals surface area contributed by atoms with Crippen LogP contribution < -0.4 is 5.32 Å². The minimum absolute atomic E-state index is 0.0668. The lowest BCUT2D eigenvalue weighted by Gasteiger charge is -2.28. The molecule has 0 aliphatic heterocycles. The van der Waals surface area contributed by atoms with Gasteiger partial charge in [0.15, 0.2) is 0 Å². The van der Waals surface area contributed by atoms with E-state index in [9.17, 15) is 14.9 Å². The van der Waals surface area contributed by atoms with Crippen LogP contribution in [-0.2, 0) is 0 Å². The van der Waals surface area contributed by atoms with Crippen molar-refractivity contribution in [3.63, 3.8) is 0 Å². The normalized spacial score (nSPS) is 11.8. The van der Waals surface area contributed by atoms with Crippen LogP contribution in [0.3, 0.4) is 0 Å². The summed E-state index contributed by atoms with van der Waals surface area (Å²) in [7, 11) is 0. The maximum atomic E-state index is 12.7. The first-order valence-corrected chi connectivity index (χ1v) is 7.30. The third kappa shape index (κ3) is 3.71. The highest BCUT2D eigenvalue weighted by Crippen LogP contribution is 2.29. The molecule has 0 heterocycles. The van der Waals surface area contributed by atoms with Gasteiger partial charge in [-0.05, 0) is 33.3 Å². The van der Waals surface area contributed by atoms with Crippen molar-refractivity contribution in [1.82, 2.24) is 4.90 Å². The van der Waals surface area contributed by atoms with Crippen LogP contribution in [0.25, 0.3) is 0 Å². The number of carbonyl (C=O) groups is 1. The van der Waals surface area contributed by atoms with Crippen LogP contribution in [0.15, 0.2) is 18.2 Å². The van der Waals surface area contributed by atoms with Gasteiger partial charge in [0, 0.05) is 25.2 Å². The first-order valence-electron chi connectivity index (χ1n) is 7.30. The molecule has 1 amide bonds. The van der Waals surface area contributed by atoms with Crippen molar-refractivity contribution in [2.45, 2.75) is 40.2 Å². The van der Waals surface area contributed by atoms with E-state index in [2.05, 4.69) is 5.32 Å². The molecule has 0 aliphatic rings. The third-order valence-corrected chi connectivity index (χ3v) is 3.55. The number of anilines is 1. The fourth-order valence-corrected chi connectivity index (χ4v) is 2.26. The first kappa shape index (κ1) is 16.9. The zero-order chi connectivity index (χ0) is 16.0. The lowest BCUT2D eigenvalue weighted by Crippen LogP contribution is -2.38. The Morgan fingerprint density at radius 3 is 2.52 bits per heavy atom. The Hall–Kier alpha value is -2.11. The van der Waals surface area contributed by atoms with Gasteiger partial charge >= 0.3 is 0 Å². The summed E-state index contributed by atoms with van der Waals surface area (Å²) in [6.07, 6.45) is 0.838. The Bertz CT molecular complexity index is 517. The maximum absolute atomic E-state index is 12.7. The van der Waals surface area contributed by atoms with Crippen LogP contribution in [0.1, 0.15) is 44.5 Å². The van der Waals surface area contributed by atoms with Gasteiger partial charge in [0.05, 0.1) is 10.5 Å². The molecule has 1 rings (SSSR count). The molecule has 1 aromatic carbocycles. The second-order valence-corrected chi connectivity index (χ2v) is 4.84. The number of nitrogens with one attached hydrogen (secondary N) is 1. The smallest absolute Gasteiger partial charge is 0.293 e. The molecule has 1 atom stereocenters. The van der Waals surface area contributed by atoms with E-state index in [1.807, 2.05) is 27.7 Å². The van der Waals surface area contributed by atoms with Crippen LogP contribution in [0.5, 0.6) is 0 Å². The summed E-state index contributed by atoms with van der Waals surface area (Å²) >= 11 is 0. The minimum Gasteiger partial charge on any atom is -0.379 e. The van der Waals surface area contributed by atoms with E-state index in [1.165, 1.54) is 6.07 Å². The van der Waals surface area contributed by atoms with E-state index in [0.29, 0.717) is 24.3 Å². The quantitative estimate of drug-likeness (QED) is 0.618. The van der Waals surface area contributed by atoms with Crippen LogP contribution in [-0.4, -0.2) is 34.9 Å². The van der Waals surface area contributed by atoms with Crippen molar-refractivity contribution in [2.24, 2.45) is 0 Å². The Kier molecular flexibility index (Phi) is 6.14. The lowest BCUT2D eigenvalue weighted by atomic mass is 10.1. The lowest BCUT2D eigenvalue weighted by molar-refractivity contribution is -0.384. The predicted octanol–water partition coefficient (Wildman–Crippen LogP) is 3.29. The highest BCUT2D eigenvalue weighted by Gasteiger charge is 2.25. The molecule has 0 aromatic heterocycles. The topological polar surface area (TPSA) is 75.5 Å². The highest BCUT2D eigenvalue weighted by atomic mass is 16.6. The largest absolute Gasteiger partial charge is 0.379 e. The second-order valence-electron chi connectivity index (χ2n) is 4.84. The molecule has 6 nitrogen and oxygen atoms in total. The van der Waals surface area contributed by atoms with Gasteiger partial charge in [-0.15, -0.1) is 0 Å². The van der Waals surface area contributed by atoms with Gasteiger partial charge in [-0.3, -0.25) is 14.9 Å². The second kappa shape index (κ2) is 7.61. The van der Waals surface area contributed by atoms with Gasteiger partial charge in [-0.2, -0.15) is 0 Å². The van der Waals surface area contributed by atoms with Crippen molar-refractivity contribution in [1.29, 1.82) is 0 Å². The predicted molar refractivity (Wildman–Crippen MR) is 83.7 cm³/mol. The average Bonchev–Trinajstić information content (AvgIpc) is 2.47. The molecular formula is C15H23N3O3. The Morgan fingerprint density at radius 2 is 2.05 bits per heavy atom. The number of carbonyl (C=O) groups excluding carboxylic acids is 1. The van der Waals surface area contributed by atoms with Gasteiger partial charge in [0.1, 0.15) is 5.69 Å². The number of rotatable bonds is 7. The number of nitro groups is 1. The third-order valence-electron chi connectivity index (χ3n) is 3.55. The number of nitrogens with zero attached hydrogens (tertiary/aromatic N) is 2. The molecule has 6 heteroatoms. The zero-order valence-corrected chi connectivity index (χ0v) is 13.0. The van der Waals surface area contributed by atoms with Crippen molar-refractivity contribution in [3.8, 4) is 0 Å². The highest BCUT2D eigenvalue weighted by molar-refractivity contribution is 6.01. The van der Waals surface area contributed by atoms with Crippen molar-refractivity contribution in [3.05, 3.63) is 33.9 Å². The average molecular weight is 293 g/mol. The fraction of sp³-hybridized carbons (Fsp3) is 0.533. The number of hydrogen-bond acceptors (Lipinski definition) is 4. The van der Waals surface area contributed by atoms with Crippen LogP contribution >= 0.6 is 0 Å². The molecule has 1 N–H and O–H groups in total. The Morgan fingerprint density at radius 1 is 1.38 bits per heavy atom. The maximum Gasteiger partial charge on any atom is 0.293 e. The van der Waals surface area contributed by atoms with Crippen molar-refractivity contribution in [2.75, 3.05) is 18.4 Å². The molecule has 0 spiro atoms.